The van der Waals surface area contributed by atoms with Gasteiger partial charge in [0.2, 0.25) is 5.91 Å². The van der Waals surface area contributed by atoms with E-state index >= 15 is 0 Å². The van der Waals surface area contributed by atoms with Gasteiger partial charge >= 0.3 is 0 Å². The fourth-order valence-corrected chi connectivity index (χ4v) is 5.41. The zero-order valence-corrected chi connectivity index (χ0v) is 17.6. The van der Waals surface area contributed by atoms with Gasteiger partial charge in [0.1, 0.15) is 0 Å². The van der Waals surface area contributed by atoms with E-state index < -0.39 is 0 Å². The molecule has 2 amide bonds. The lowest BCUT2D eigenvalue weighted by Crippen LogP contribution is -2.46. The summed E-state index contributed by atoms with van der Waals surface area (Å²) in [6.45, 7) is 10.1. The Kier molecular flexibility index (Phi) is 5.48. The Hall–Kier alpha value is -1.36. The Morgan fingerprint density at radius 1 is 1.19 bits per heavy atom. The molecular weight excluding hydrogens is 344 g/mol. The summed E-state index contributed by atoms with van der Waals surface area (Å²) in [4.78, 5) is 30.6. The zero-order chi connectivity index (χ0) is 19.1. The van der Waals surface area contributed by atoms with Crippen molar-refractivity contribution in [3.8, 4) is 0 Å². The molecule has 0 radical (unpaired) electrons. The summed E-state index contributed by atoms with van der Waals surface area (Å²) < 4.78 is 0. The number of hydrogen-bond acceptors (Lipinski definition) is 3. The van der Waals surface area contributed by atoms with Crippen LogP contribution in [0.5, 0.6) is 0 Å². The largest absolute Gasteiger partial charge is 0.343 e. The third kappa shape index (κ3) is 3.98. The lowest BCUT2D eigenvalue weighted by Gasteiger charge is -2.36. The second-order valence-corrected chi connectivity index (χ2v) is 10.2. The van der Waals surface area contributed by atoms with Crippen LogP contribution in [-0.2, 0) is 17.6 Å². The summed E-state index contributed by atoms with van der Waals surface area (Å²) in [6.07, 6.45) is 5.19. The normalized spacial score (nSPS) is 21.4. The SMILES string of the molecule is CC(=O)N(C)C1CCN(C(=O)c2cc3c(s2)CCC(C(C)(C)C)C3)CC1. The fraction of sp³-hybridized carbons (Fsp3) is 0.714. The molecule has 1 aliphatic heterocycles. The molecule has 1 fully saturated rings. The van der Waals surface area contributed by atoms with E-state index in [1.54, 1.807) is 18.3 Å². The maximum absolute atomic E-state index is 13.0. The van der Waals surface area contributed by atoms with Crippen LogP contribution >= 0.6 is 11.3 Å². The van der Waals surface area contributed by atoms with Crippen LogP contribution in [0.4, 0.5) is 0 Å². The summed E-state index contributed by atoms with van der Waals surface area (Å²) in [5.41, 5.74) is 1.73. The van der Waals surface area contributed by atoms with Gasteiger partial charge in [0.25, 0.3) is 5.91 Å². The van der Waals surface area contributed by atoms with Gasteiger partial charge in [-0.3, -0.25) is 9.59 Å². The lowest BCUT2D eigenvalue weighted by molar-refractivity contribution is -0.130. The number of nitrogens with zero attached hydrogens (tertiary/aromatic N) is 2. The highest BCUT2D eigenvalue weighted by Crippen LogP contribution is 2.40. The maximum Gasteiger partial charge on any atom is 0.263 e. The molecule has 1 aliphatic carbocycles. The molecule has 1 aromatic rings. The number of aryl methyl sites for hydroxylation is 1. The van der Waals surface area contributed by atoms with Crippen molar-refractivity contribution in [2.24, 2.45) is 11.3 Å². The minimum atomic E-state index is 0.106. The molecule has 144 valence electrons. The molecule has 1 atom stereocenters. The van der Waals surface area contributed by atoms with Crippen molar-refractivity contribution in [1.29, 1.82) is 0 Å². The molecule has 2 aliphatic rings. The Bertz CT molecular complexity index is 681. The van der Waals surface area contributed by atoms with Gasteiger partial charge in [-0.1, -0.05) is 20.8 Å². The van der Waals surface area contributed by atoms with E-state index in [9.17, 15) is 9.59 Å². The molecule has 2 heterocycles. The molecular formula is C21H32N2O2S. The maximum atomic E-state index is 13.0. The third-order valence-corrected chi connectivity index (χ3v) is 7.54. The summed E-state index contributed by atoms with van der Waals surface area (Å²) in [6, 6.07) is 2.43. The van der Waals surface area contributed by atoms with Gasteiger partial charge < -0.3 is 9.80 Å². The highest BCUT2D eigenvalue weighted by atomic mass is 32.1. The molecule has 0 aromatic carbocycles. The molecule has 1 saturated heterocycles. The topological polar surface area (TPSA) is 40.6 Å². The average molecular weight is 377 g/mol. The second kappa shape index (κ2) is 7.34. The minimum Gasteiger partial charge on any atom is -0.343 e. The highest BCUT2D eigenvalue weighted by Gasteiger charge is 2.32. The van der Waals surface area contributed by atoms with Crippen LogP contribution < -0.4 is 0 Å². The zero-order valence-electron chi connectivity index (χ0n) is 16.8. The Labute approximate surface area is 161 Å². The highest BCUT2D eigenvalue weighted by molar-refractivity contribution is 7.14. The van der Waals surface area contributed by atoms with Crippen molar-refractivity contribution in [3.05, 3.63) is 21.4 Å². The van der Waals surface area contributed by atoms with Crippen LogP contribution in [0.15, 0.2) is 6.07 Å². The number of piperidine rings is 1. The number of hydrogen-bond donors (Lipinski definition) is 0. The smallest absolute Gasteiger partial charge is 0.263 e. The van der Waals surface area contributed by atoms with Gasteiger partial charge in [-0.2, -0.15) is 0 Å². The van der Waals surface area contributed by atoms with E-state index in [0.717, 1.165) is 43.6 Å². The van der Waals surface area contributed by atoms with E-state index in [-0.39, 0.29) is 17.9 Å². The molecule has 0 saturated carbocycles. The van der Waals surface area contributed by atoms with E-state index in [4.69, 9.17) is 0 Å². The van der Waals surface area contributed by atoms with E-state index in [0.29, 0.717) is 11.3 Å². The van der Waals surface area contributed by atoms with Crippen molar-refractivity contribution >= 4 is 23.2 Å². The lowest BCUT2D eigenvalue weighted by atomic mass is 9.72. The molecule has 3 rings (SSSR count). The molecule has 5 heteroatoms. The molecule has 1 unspecified atom stereocenters. The second-order valence-electron chi connectivity index (χ2n) is 9.02. The van der Waals surface area contributed by atoms with Crippen molar-refractivity contribution < 1.29 is 9.59 Å². The minimum absolute atomic E-state index is 0.106. The summed E-state index contributed by atoms with van der Waals surface area (Å²) in [5.74, 6) is 0.986. The first kappa shape index (κ1) is 19.4. The predicted octanol–water partition coefficient (Wildman–Crippen LogP) is 3.98. The molecule has 0 spiro atoms. The summed E-state index contributed by atoms with van der Waals surface area (Å²) in [7, 11) is 1.86. The first-order valence-electron chi connectivity index (χ1n) is 9.81. The number of fused-ring (bicyclic) bond motifs is 1. The van der Waals surface area contributed by atoms with Crippen LogP contribution in [0.3, 0.4) is 0 Å². The Morgan fingerprint density at radius 3 is 2.42 bits per heavy atom. The fourth-order valence-electron chi connectivity index (χ4n) is 4.24. The first-order valence-corrected chi connectivity index (χ1v) is 10.6. The number of amides is 2. The quantitative estimate of drug-likeness (QED) is 0.783. The van der Waals surface area contributed by atoms with Gasteiger partial charge in [0.05, 0.1) is 4.88 Å². The molecule has 1 aromatic heterocycles. The number of thiophene rings is 1. The van der Waals surface area contributed by atoms with Crippen LogP contribution in [0.2, 0.25) is 0 Å². The van der Waals surface area contributed by atoms with Crippen molar-refractivity contribution in [2.45, 2.75) is 65.8 Å². The number of rotatable bonds is 2. The number of carbonyl (C=O) groups excluding carboxylic acids is 2. The molecule has 0 N–H and O–H groups in total. The number of likely N-dealkylation sites (tertiary alicyclic amines) is 1. The van der Waals surface area contributed by atoms with Crippen LogP contribution in [0.1, 0.15) is 67.1 Å². The van der Waals surface area contributed by atoms with Gasteiger partial charge in [0, 0.05) is 38.0 Å². The van der Waals surface area contributed by atoms with Crippen molar-refractivity contribution in [3.63, 3.8) is 0 Å². The molecule has 4 nitrogen and oxygen atoms in total. The van der Waals surface area contributed by atoms with Crippen molar-refractivity contribution in [2.75, 3.05) is 20.1 Å². The molecule has 26 heavy (non-hydrogen) atoms. The van der Waals surface area contributed by atoms with Crippen molar-refractivity contribution in [1.82, 2.24) is 9.80 Å². The predicted molar refractivity (Wildman–Crippen MR) is 107 cm³/mol. The van der Waals surface area contributed by atoms with Gasteiger partial charge in [0.15, 0.2) is 0 Å². The standard InChI is InChI=1S/C21H32N2O2S/c1-14(24)22(5)17-8-10-23(11-9-17)20(25)19-13-15-12-16(21(2,3)4)6-7-18(15)26-19/h13,16-17H,6-12H2,1-5H3. The Morgan fingerprint density at radius 2 is 1.85 bits per heavy atom. The number of carbonyl (C=O) groups is 2. The monoisotopic (exact) mass is 376 g/mol. The van der Waals surface area contributed by atoms with E-state index in [1.807, 2.05) is 16.8 Å². The summed E-state index contributed by atoms with van der Waals surface area (Å²) in [5, 5.41) is 0. The van der Waals surface area contributed by atoms with E-state index in [2.05, 4.69) is 26.8 Å². The summed E-state index contributed by atoms with van der Waals surface area (Å²) >= 11 is 1.71. The Balaban J connectivity index is 1.64. The van der Waals surface area contributed by atoms with Gasteiger partial charge in [-0.15, -0.1) is 11.3 Å². The average Bonchev–Trinajstić information content (AvgIpc) is 3.03. The van der Waals surface area contributed by atoms with Crippen LogP contribution in [-0.4, -0.2) is 47.8 Å². The van der Waals surface area contributed by atoms with Crippen LogP contribution in [0, 0.1) is 11.3 Å². The van der Waals surface area contributed by atoms with E-state index in [1.165, 1.54) is 16.9 Å². The first-order chi connectivity index (χ1) is 12.2. The van der Waals surface area contributed by atoms with Gasteiger partial charge in [-0.25, -0.2) is 0 Å². The third-order valence-electron chi connectivity index (χ3n) is 6.31. The molecule has 0 bridgehead atoms. The van der Waals surface area contributed by atoms with Crippen LogP contribution in [0.25, 0.3) is 0 Å². The van der Waals surface area contributed by atoms with Gasteiger partial charge in [-0.05, 0) is 55.1 Å².